The zero-order chi connectivity index (χ0) is 20.1. The number of fused-ring (bicyclic) bond motifs is 1. The molecule has 2 aromatic rings. The van der Waals surface area contributed by atoms with E-state index in [-0.39, 0.29) is 22.8 Å². The van der Waals surface area contributed by atoms with E-state index in [1.54, 1.807) is 24.3 Å². The van der Waals surface area contributed by atoms with Gasteiger partial charge in [-0.1, -0.05) is 24.1 Å². The quantitative estimate of drug-likeness (QED) is 0.840. The first-order valence-corrected chi connectivity index (χ1v) is 11.3. The molecule has 1 fully saturated rings. The van der Waals surface area contributed by atoms with E-state index in [0.29, 0.717) is 12.1 Å². The minimum absolute atomic E-state index is 0.0633. The lowest BCUT2D eigenvalue weighted by Crippen LogP contribution is -2.42. The molecule has 148 valence electrons. The zero-order valence-corrected chi connectivity index (χ0v) is 17.3. The zero-order valence-electron chi connectivity index (χ0n) is 16.5. The van der Waals surface area contributed by atoms with Crippen LogP contribution in [0.15, 0.2) is 41.3 Å². The van der Waals surface area contributed by atoms with Crippen LogP contribution in [-0.4, -0.2) is 20.4 Å². The Labute approximate surface area is 166 Å². The number of nitrogens with zero attached hydrogens (tertiary/aromatic N) is 1. The highest BCUT2D eigenvalue weighted by atomic mass is 32.2. The third-order valence-corrected chi connectivity index (χ3v) is 7.26. The number of benzene rings is 2. The van der Waals surface area contributed by atoms with Crippen molar-refractivity contribution in [1.29, 1.82) is 0 Å². The number of carbonyl (C=O) groups is 1. The molecule has 0 saturated heterocycles. The normalized spacial score (nSPS) is 19.2. The fourth-order valence-electron chi connectivity index (χ4n) is 4.09. The van der Waals surface area contributed by atoms with Crippen molar-refractivity contribution in [2.24, 2.45) is 5.92 Å². The Kier molecular flexibility index (Phi) is 4.70. The summed E-state index contributed by atoms with van der Waals surface area (Å²) in [5.74, 6) is 0.310. The summed E-state index contributed by atoms with van der Waals surface area (Å²) in [6.45, 7) is 5.89. The van der Waals surface area contributed by atoms with Crippen LogP contribution in [0.4, 0.5) is 11.4 Å². The van der Waals surface area contributed by atoms with Gasteiger partial charge in [0.25, 0.3) is 10.0 Å². The molecule has 0 unspecified atom stereocenters. The molecule has 1 saturated carbocycles. The molecule has 1 amide bonds. The van der Waals surface area contributed by atoms with Crippen molar-refractivity contribution >= 4 is 27.3 Å². The first kappa shape index (κ1) is 19.0. The summed E-state index contributed by atoms with van der Waals surface area (Å²) in [6, 6.07) is 10.8. The van der Waals surface area contributed by atoms with Crippen LogP contribution in [0, 0.1) is 19.8 Å². The summed E-state index contributed by atoms with van der Waals surface area (Å²) in [7, 11) is -3.69. The number of rotatable bonds is 4. The molecular weight excluding hydrogens is 372 g/mol. The second-order valence-electron chi connectivity index (χ2n) is 8.10. The third-order valence-electron chi connectivity index (χ3n) is 5.89. The predicted molar refractivity (Wildman–Crippen MR) is 111 cm³/mol. The number of aryl methyl sites for hydroxylation is 2. The highest BCUT2D eigenvalue weighted by molar-refractivity contribution is 7.92. The van der Waals surface area contributed by atoms with Crippen LogP contribution < -0.4 is 9.62 Å². The van der Waals surface area contributed by atoms with Crippen molar-refractivity contribution in [2.45, 2.75) is 57.4 Å². The second kappa shape index (κ2) is 6.92. The Morgan fingerprint density at radius 1 is 1.11 bits per heavy atom. The van der Waals surface area contributed by atoms with E-state index in [4.69, 9.17) is 0 Å². The van der Waals surface area contributed by atoms with E-state index in [2.05, 4.69) is 4.72 Å². The van der Waals surface area contributed by atoms with Gasteiger partial charge in [-0.3, -0.25) is 9.52 Å². The number of nitrogens with one attached hydrogen (secondary N) is 1. The fourth-order valence-corrected chi connectivity index (χ4v) is 5.28. The molecule has 1 atom stereocenters. The number of amides is 1. The standard InChI is InChI=1S/C22H26N2O3S/c1-14-7-9-20(15(2)11-14)23-28(26,27)19-8-10-21-18(13-19)12-16(3)24(21)22(25)17-5-4-6-17/h7-11,13,16-17,23H,4-6,12H2,1-3H3/t16-/m1/s1. The molecule has 5 nitrogen and oxygen atoms in total. The molecule has 1 heterocycles. The summed E-state index contributed by atoms with van der Waals surface area (Å²) in [5, 5.41) is 0. The van der Waals surface area contributed by atoms with Crippen molar-refractivity contribution in [2.75, 3.05) is 9.62 Å². The van der Waals surface area contributed by atoms with Crippen LogP contribution in [0.25, 0.3) is 0 Å². The molecule has 0 radical (unpaired) electrons. The number of hydrogen-bond donors (Lipinski definition) is 1. The average Bonchev–Trinajstić information content (AvgIpc) is 2.90. The molecule has 2 aliphatic rings. The highest BCUT2D eigenvalue weighted by Crippen LogP contribution is 2.38. The second-order valence-corrected chi connectivity index (χ2v) is 9.79. The maximum Gasteiger partial charge on any atom is 0.261 e. The first-order chi connectivity index (χ1) is 13.3. The summed E-state index contributed by atoms with van der Waals surface area (Å²) >= 11 is 0. The maximum absolute atomic E-state index is 12.9. The molecule has 1 N–H and O–H groups in total. The van der Waals surface area contributed by atoms with Crippen molar-refractivity contribution in [3.8, 4) is 0 Å². The van der Waals surface area contributed by atoms with Crippen molar-refractivity contribution in [1.82, 2.24) is 0 Å². The van der Waals surface area contributed by atoms with E-state index in [9.17, 15) is 13.2 Å². The van der Waals surface area contributed by atoms with Gasteiger partial charge in [0.15, 0.2) is 0 Å². The van der Waals surface area contributed by atoms with Crippen LogP contribution in [-0.2, 0) is 21.2 Å². The molecule has 2 aromatic carbocycles. The fraction of sp³-hybridized carbons (Fsp3) is 0.409. The molecule has 28 heavy (non-hydrogen) atoms. The SMILES string of the molecule is Cc1ccc(NS(=O)(=O)c2ccc3c(c2)C[C@@H](C)N3C(=O)C2CCC2)c(C)c1. The molecular formula is C22H26N2O3S. The Bertz CT molecular complexity index is 1040. The molecule has 0 spiro atoms. The lowest BCUT2D eigenvalue weighted by atomic mass is 9.84. The molecule has 0 bridgehead atoms. The van der Waals surface area contributed by atoms with Crippen LogP contribution in [0.5, 0.6) is 0 Å². The van der Waals surface area contributed by atoms with Crippen LogP contribution in [0.3, 0.4) is 0 Å². The molecule has 4 rings (SSSR count). The van der Waals surface area contributed by atoms with E-state index in [1.807, 2.05) is 37.8 Å². The number of carbonyl (C=O) groups excluding carboxylic acids is 1. The Morgan fingerprint density at radius 3 is 2.50 bits per heavy atom. The maximum atomic E-state index is 12.9. The van der Waals surface area contributed by atoms with Crippen LogP contribution in [0.2, 0.25) is 0 Å². The summed E-state index contributed by atoms with van der Waals surface area (Å²) in [5.41, 5.74) is 4.33. The van der Waals surface area contributed by atoms with Gasteiger partial charge in [0.1, 0.15) is 0 Å². The van der Waals surface area contributed by atoms with Gasteiger partial charge >= 0.3 is 0 Å². The lowest BCUT2D eigenvalue weighted by molar-refractivity contribution is -0.125. The van der Waals surface area contributed by atoms with Gasteiger partial charge in [-0.05, 0) is 75.4 Å². The largest absolute Gasteiger partial charge is 0.309 e. The minimum atomic E-state index is -3.69. The van der Waals surface area contributed by atoms with Crippen LogP contribution in [0.1, 0.15) is 42.9 Å². The summed E-state index contributed by atoms with van der Waals surface area (Å²) < 4.78 is 28.5. The van der Waals surface area contributed by atoms with E-state index < -0.39 is 10.0 Å². The van der Waals surface area contributed by atoms with Crippen molar-refractivity contribution in [3.63, 3.8) is 0 Å². The van der Waals surface area contributed by atoms with Gasteiger partial charge in [0.2, 0.25) is 5.91 Å². The Hall–Kier alpha value is -2.34. The van der Waals surface area contributed by atoms with Gasteiger partial charge < -0.3 is 4.90 Å². The van der Waals surface area contributed by atoms with Crippen molar-refractivity contribution < 1.29 is 13.2 Å². The molecule has 0 aromatic heterocycles. The monoisotopic (exact) mass is 398 g/mol. The highest BCUT2D eigenvalue weighted by Gasteiger charge is 2.37. The minimum Gasteiger partial charge on any atom is -0.309 e. The number of hydrogen-bond acceptors (Lipinski definition) is 3. The summed E-state index contributed by atoms with van der Waals surface area (Å²) in [6.07, 6.45) is 3.72. The van der Waals surface area contributed by atoms with Crippen LogP contribution >= 0.6 is 0 Å². The lowest BCUT2D eigenvalue weighted by Gasteiger charge is -2.32. The third kappa shape index (κ3) is 3.30. The van der Waals surface area contributed by atoms with Gasteiger partial charge in [0, 0.05) is 17.6 Å². The van der Waals surface area contributed by atoms with Gasteiger partial charge in [-0.15, -0.1) is 0 Å². The molecule has 1 aliphatic carbocycles. The topological polar surface area (TPSA) is 66.5 Å². The number of sulfonamides is 1. The van der Waals surface area contributed by atoms with Gasteiger partial charge in [0.05, 0.1) is 10.6 Å². The predicted octanol–water partition coefficient (Wildman–Crippen LogP) is 4.18. The smallest absolute Gasteiger partial charge is 0.261 e. The molecule has 1 aliphatic heterocycles. The van der Waals surface area contributed by atoms with E-state index in [1.165, 1.54) is 0 Å². The Balaban J connectivity index is 1.62. The number of anilines is 2. The van der Waals surface area contributed by atoms with E-state index >= 15 is 0 Å². The van der Waals surface area contributed by atoms with Crippen molar-refractivity contribution in [3.05, 3.63) is 53.1 Å². The van der Waals surface area contributed by atoms with Gasteiger partial charge in [-0.2, -0.15) is 0 Å². The molecule has 6 heteroatoms. The average molecular weight is 399 g/mol. The van der Waals surface area contributed by atoms with Gasteiger partial charge in [-0.25, -0.2) is 8.42 Å². The van der Waals surface area contributed by atoms with E-state index in [0.717, 1.165) is 41.6 Å². The Morgan fingerprint density at radius 2 is 1.86 bits per heavy atom. The summed E-state index contributed by atoms with van der Waals surface area (Å²) in [4.78, 5) is 14.9. The first-order valence-electron chi connectivity index (χ1n) is 9.82.